The first-order chi connectivity index (χ1) is 14.5. The highest BCUT2D eigenvalue weighted by atomic mass is 32.1. The number of ether oxygens (including phenoxy) is 1. The molecule has 1 aromatic heterocycles. The average molecular weight is 453 g/mol. The van der Waals surface area contributed by atoms with E-state index in [-0.39, 0.29) is 17.9 Å². The number of rotatable bonds is 5. The minimum Gasteiger partial charge on any atom is -0.488 e. The van der Waals surface area contributed by atoms with Crippen LogP contribution in [0.5, 0.6) is 5.75 Å². The van der Waals surface area contributed by atoms with Crippen molar-refractivity contribution in [2.24, 2.45) is 0 Å². The van der Waals surface area contributed by atoms with E-state index in [1.807, 2.05) is 0 Å². The Balaban J connectivity index is 1.70. The van der Waals surface area contributed by atoms with Gasteiger partial charge in [-0.25, -0.2) is 14.2 Å². The molecule has 1 amide bonds. The maximum atomic E-state index is 14.2. The Hall–Kier alpha value is -3.47. The average Bonchev–Trinajstić information content (AvgIpc) is 3.06. The minimum atomic E-state index is -4.41. The Morgan fingerprint density at radius 2 is 1.90 bits per heavy atom. The second kappa shape index (κ2) is 8.72. The van der Waals surface area contributed by atoms with Crippen LogP contribution in [-0.4, -0.2) is 22.0 Å². The molecule has 3 aromatic rings. The first-order valence-corrected chi connectivity index (χ1v) is 9.51. The van der Waals surface area contributed by atoms with E-state index >= 15 is 0 Å². The Labute approximate surface area is 177 Å². The normalized spacial score (nSPS) is 11.3. The zero-order valence-corrected chi connectivity index (χ0v) is 16.7. The number of benzene rings is 2. The number of halogens is 4. The third kappa shape index (κ3) is 5.37. The van der Waals surface area contributed by atoms with Gasteiger partial charge < -0.3 is 9.84 Å². The molecule has 0 atom stereocenters. The van der Waals surface area contributed by atoms with Crippen LogP contribution >= 0.6 is 11.3 Å². The zero-order valence-electron chi connectivity index (χ0n) is 15.9. The molecule has 0 aliphatic heterocycles. The number of aryl methyl sites for hydroxylation is 1. The molecular weight excluding hydrogens is 438 g/mol. The molecule has 3 rings (SSSR count). The fourth-order valence-electron chi connectivity index (χ4n) is 2.60. The molecule has 0 saturated heterocycles. The standard InChI is InChI=1S/C20H15F4N3O3S/c1-10-16(31-18(26-10)11-2-4-12(5-3-11)20(22,23)24)9-30-13-6-7-14(15(21)8-13)17(25)27-19(28)29/h2-8H,9H2,1H3,(H2,25,27)(H,28,29). The van der Waals surface area contributed by atoms with Gasteiger partial charge in [0, 0.05) is 11.6 Å². The summed E-state index contributed by atoms with van der Waals surface area (Å²) < 4.78 is 57.8. The summed E-state index contributed by atoms with van der Waals surface area (Å²) in [5.41, 5.74) is 0.190. The Kier molecular flexibility index (Phi) is 6.25. The number of alkyl halides is 3. The lowest BCUT2D eigenvalue weighted by Gasteiger charge is -2.09. The van der Waals surface area contributed by atoms with Gasteiger partial charge in [0.1, 0.15) is 29.0 Å². The third-order valence-corrected chi connectivity index (χ3v) is 5.34. The van der Waals surface area contributed by atoms with Crippen LogP contribution in [0.1, 0.15) is 21.7 Å². The van der Waals surface area contributed by atoms with Crippen LogP contribution in [0, 0.1) is 18.2 Å². The number of nitrogens with one attached hydrogen (secondary N) is 2. The molecule has 0 aliphatic carbocycles. The highest BCUT2D eigenvalue weighted by Crippen LogP contribution is 2.33. The highest BCUT2D eigenvalue weighted by molar-refractivity contribution is 7.15. The predicted molar refractivity (Wildman–Crippen MR) is 106 cm³/mol. The van der Waals surface area contributed by atoms with E-state index in [1.54, 1.807) is 12.2 Å². The van der Waals surface area contributed by atoms with E-state index in [2.05, 4.69) is 4.98 Å². The second-order valence-electron chi connectivity index (χ2n) is 6.34. The van der Waals surface area contributed by atoms with Crippen molar-refractivity contribution in [1.29, 1.82) is 5.41 Å². The molecule has 2 aromatic carbocycles. The topological polar surface area (TPSA) is 95.3 Å². The lowest BCUT2D eigenvalue weighted by atomic mass is 10.1. The van der Waals surface area contributed by atoms with Crippen LogP contribution in [0.3, 0.4) is 0 Å². The fraction of sp³-hybridized carbons (Fsp3) is 0.150. The van der Waals surface area contributed by atoms with Crippen LogP contribution in [0.2, 0.25) is 0 Å². The van der Waals surface area contributed by atoms with E-state index in [9.17, 15) is 22.4 Å². The predicted octanol–water partition coefficient (Wildman–Crippen LogP) is 5.45. The molecule has 0 aliphatic rings. The summed E-state index contributed by atoms with van der Waals surface area (Å²) in [6.45, 7) is 1.78. The Morgan fingerprint density at radius 3 is 2.48 bits per heavy atom. The molecule has 0 spiro atoms. The first-order valence-electron chi connectivity index (χ1n) is 8.69. The lowest BCUT2D eigenvalue weighted by Crippen LogP contribution is -2.29. The SMILES string of the molecule is Cc1nc(-c2ccc(C(F)(F)F)cc2)sc1COc1ccc(C(=N)NC(=O)O)c(F)c1. The summed E-state index contributed by atoms with van der Waals surface area (Å²) in [6.07, 6.45) is -5.89. The maximum Gasteiger partial charge on any atom is 0.416 e. The van der Waals surface area contributed by atoms with Gasteiger partial charge in [0.2, 0.25) is 0 Å². The molecular formula is C20H15F4N3O3S. The van der Waals surface area contributed by atoms with Gasteiger partial charge in [-0.15, -0.1) is 11.3 Å². The van der Waals surface area contributed by atoms with Gasteiger partial charge in [-0.2, -0.15) is 13.2 Å². The van der Waals surface area contributed by atoms with E-state index in [4.69, 9.17) is 15.3 Å². The molecule has 0 saturated carbocycles. The summed E-state index contributed by atoms with van der Waals surface area (Å²) in [7, 11) is 0. The van der Waals surface area contributed by atoms with Gasteiger partial charge >= 0.3 is 12.3 Å². The molecule has 0 radical (unpaired) electrons. The van der Waals surface area contributed by atoms with E-state index in [0.717, 1.165) is 18.2 Å². The molecule has 6 nitrogen and oxygen atoms in total. The largest absolute Gasteiger partial charge is 0.488 e. The molecule has 162 valence electrons. The summed E-state index contributed by atoms with van der Waals surface area (Å²) in [5.74, 6) is -1.27. The number of hydrogen-bond donors (Lipinski definition) is 3. The van der Waals surface area contributed by atoms with Crippen molar-refractivity contribution in [3.8, 4) is 16.3 Å². The number of thiazole rings is 1. The van der Waals surface area contributed by atoms with Crippen molar-refractivity contribution >= 4 is 23.3 Å². The molecule has 11 heteroatoms. The number of nitrogens with zero attached hydrogens (tertiary/aromatic N) is 1. The summed E-state index contributed by atoms with van der Waals surface area (Å²) in [4.78, 5) is 15.6. The number of carboxylic acid groups (broad SMARTS) is 1. The maximum absolute atomic E-state index is 14.2. The number of hydrogen-bond acceptors (Lipinski definition) is 5. The van der Waals surface area contributed by atoms with Gasteiger partial charge in [-0.3, -0.25) is 10.7 Å². The molecule has 31 heavy (non-hydrogen) atoms. The van der Waals surface area contributed by atoms with E-state index in [1.165, 1.54) is 35.6 Å². The van der Waals surface area contributed by atoms with Crippen LogP contribution in [-0.2, 0) is 12.8 Å². The van der Waals surface area contributed by atoms with Crippen molar-refractivity contribution in [3.63, 3.8) is 0 Å². The number of amides is 1. The van der Waals surface area contributed by atoms with Gasteiger partial charge in [-0.05, 0) is 31.2 Å². The van der Waals surface area contributed by atoms with Crippen LogP contribution in [0.25, 0.3) is 10.6 Å². The highest BCUT2D eigenvalue weighted by Gasteiger charge is 2.30. The van der Waals surface area contributed by atoms with E-state index < -0.39 is 29.5 Å². The molecule has 0 bridgehead atoms. The smallest absolute Gasteiger partial charge is 0.416 e. The van der Waals surface area contributed by atoms with Crippen molar-refractivity contribution < 1.29 is 32.2 Å². The van der Waals surface area contributed by atoms with Crippen LogP contribution < -0.4 is 10.1 Å². The van der Waals surface area contributed by atoms with Crippen LogP contribution in [0.15, 0.2) is 42.5 Å². The monoisotopic (exact) mass is 453 g/mol. The summed E-state index contributed by atoms with van der Waals surface area (Å²) in [6, 6.07) is 8.31. The van der Waals surface area contributed by atoms with Gasteiger partial charge in [0.25, 0.3) is 0 Å². The van der Waals surface area contributed by atoms with Gasteiger partial charge in [0.15, 0.2) is 0 Å². The molecule has 0 fully saturated rings. The van der Waals surface area contributed by atoms with Gasteiger partial charge in [0.05, 0.1) is 21.7 Å². The quantitative estimate of drug-likeness (QED) is 0.272. The zero-order chi connectivity index (χ0) is 22.8. The Morgan fingerprint density at radius 1 is 1.23 bits per heavy atom. The molecule has 3 N–H and O–H groups in total. The summed E-state index contributed by atoms with van der Waals surface area (Å²) >= 11 is 1.24. The third-order valence-electron chi connectivity index (χ3n) is 4.16. The molecule has 1 heterocycles. The number of amidine groups is 1. The van der Waals surface area contributed by atoms with Crippen LogP contribution in [0.4, 0.5) is 22.4 Å². The molecule has 0 unspecified atom stereocenters. The van der Waals surface area contributed by atoms with Gasteiger partial charge in [-0.1, -0.05) is 12.1 Å². The second-order valence-corrected chi connectivity index (χ2v) is 7.42. The Bertz CT molecular complexity index is 1130. The summed E-state index contributed by atoms with van der Waals surface area (Å²) in [5, 5.41) is 18.4. The minimum absolute atomic E-state index is 0.0493. The van der Waals surface area contributed by atoms with Crippen molar-refractivity contribution in [1.82, 2.24) is 10.3 Å². The van der Waals surface area contributed by atoms with Crippen molar-refractivity contribution in [2.45, 2.75) is 19.7 Å². The number of carbonyl (C=O) groups is 1. The fourth-order valence-corrected chi connectivity index (χ4v) is 3.58. The lowest BCUT2D eigenvalue weighted by molar-refractivity contribution is -0.137. The first kappa shape index (κ1) is 22.2. The number of aromatic nitrogens is 1. The van der Waals surface area contributed by atoms with Crippen molar-refractivity contribution in [3.05, 3.63) is 70.0 Å². The van der Waals surface area contributed by atoms with Crippen molar-refractivity contribution in [2.75, 3.05) is 0 Å². The van der Waals surface area contributed by atoms with E-state index in [0.29, 0.717) is 21.1 Å².